The van der Waals surface area contributed by atoms with Crippen molar-refractivity contribution in [3.8, 4) is 12.3 Å². The van der Waals surface area contributed by atoms with Crippen LogP contribution in [-0.4, -0.2) is 12.5 Å². The van der Waals surface area contributed by atoms with Crippen LogP contribution >= 0.6 is 15.9 Å². The van der Waals surface area contributed by atoms with Crippen LogP contribution in [0.15, 0.2) is 22.7 Å². The van der Waals surface area contributed by atoms with Gasteiger partial charge in [-0.3, -0.25) is 4.79 Å². The number of hydrogen-bond donors (Lipinski definition) is 1. The van der Waals surface area contributed by atoms with Gasteiger partial charge in [0.1, 0.15) is 5.82 Å². The predicted molar refractivity (Wildman–Crippen MR) is 55.3 cm³/mol. The van der Waals surface area contributed by atoms with Crippen molar-refractivity contribution in [1.82, 2.24) is 5.32 Å². The average molecular weight is 256 g/mol. The highest BCUT2D eigenvalue weighted by atomic mass is 79.9. The molecule has 0 aromatic heterocycles. The number of rotatable bonds is 2. The Hall–Kier alpha value is -1.34. The van der Waals surface area contributed by atoms with Crippen LogP contribution in [0.1, 0.15) is 10.4 Å². The minimum Gasteiger partial charge on any atom is -0.341 e. The number of halogens is 2. The molecule has 14 heavy (non-hydrogen) atoms. The molecule has 0 saturated heterocycles. The molecule has 0 bridgehead atoms. The third kappa shape index (κ3) is 2.57. The lowest BCUT2D eigenvalue weighted by molar-refractivity contribution is 0.0958. The Morgan fingerprint density at radius 2 is 2.36 bits per heavy atom. The molecule has 0 spiro atoms. The molecular formula is C10H7BrFNO. The number of amides is 1. The van der Waals surface area contributed by atoms with Gasteiger partial charge in [0, 0.05) is 5.56 Å². The number of benzene rings is 1. The average Bonchev–Trinajstić information content (AvgIpc) is 2.18. The topological polar surface area (TPSA) is 29.1 Å². The van der Waals surface area contributed by atoms with Crippen molar-refractivity contribution >= 4 is 21.8 Å². The van der Waals surface area contributed by atoms with Gasteiger partial charge in [-0.2, -0.15) is 0 Å². The first kappa shape index (κ1) is 10.7. The fraction of sp³-hybridized carbons (Fsp3) is 0.100. The highest BCUT2D eigenvalue weighted by molar-refractivity contribution is 9.10. The summed E-state index contributed by atoms with van der Waals surface area (Å²) >= 11 is 2.99. The highest BCUT2D eigenvalue weighted by Gasteiger charge is 2.06. The van der Waals surface area contributed by atoms with Crippen molar-refractivity contribution in [3.63, 3.8) is 0 Å². The maximum atomic E-state index is 12.8. The largest absolute Gasteiger partial charge is 0.341 e. The van der Waals surface area contributed by atoms with Crippen molar-refractivity contribution in [2.24, 2.45) is 0 Å². The maximum absolute atomic E-state index is 12.8. The number of carbonyl (C=O) groups is 1. The molecule has 0 unspecified atom stereocenters. The van der Waals surface area contributed by atoms with E-state index >= 15 is 0 Å². The summed E-state index contributed by atoms with van der Waals surface area (Å²) in [4.78, 5) is 11.3. The molecule has 0 aliphatic carbocycles. The molecule has 0 saturated carbocycles. The zero-order chi connectivity index (χ0) is 10.6. The lowest BCUT2D eigenvalue weighted by Gasteiger charge is -2.02. The molecule has 1 aromatic carbocycles. The summed E-state index contributed by atoms with van der Waals surface area (Å²) < 4.78 is 13.1. The van der Waals surface area contributed by atoms with E-state index in [1.54, 1.807) is 0 Å². The molecule has 1 N–H and O–H groups in total. The van der Waals surface area contributed by atoms with E-state index in [9.17, 15) is 9.18 Å². The van der Waals surface area contributed by atoms with Gasteiger partial charge < -0.3 is 5.32 Å². The fourth-order valence-electron chi connectivity index (χ4n) is 0.871. The number of hydrogen-bond acceptors (Lipinski definition) is 1. The van der Waals surface area contributed by atoms with Crippen LogP contribution in [0.2, 0.25) is 0 Å². The Labute approximate surface area is 89.6 Å². The Morgan fingerprint density at radius 3 is 2.93 bits per heavy atom. The van der Waals surface area contributed by atoms with Crippen molar-refractivity contribution in [1.29, 1.82) is 0 Å². The molecule has 0 atom stereocenters. The van der Waals surface area contributed by atoms with Gasteiger partial charge in [-0.05, 0) is 34.1 Å². The molecule has 4 heteroatoms. The first-order valence-corrected chi connectivity index (χ1v) is 4.61. The van der Waals surface area contributed by atoms with Gasteiger partial charge in [-0.15, -0.1) is 6.42 Å². The van der Waals surface area contributed by atoms with Crippen LogP contribution < -0.4 is 5.32 Å². The second-order valence-electron chi connectivity index (χ2n) is 2.52. The van der Waals surface area contributed by atoms with Crippen LogP contribution in [0, 0.1) is 18.2 Å². The Morgan fingerprint density at radius 1 is 1.64 bits per heavy atom. The minimum atomic E-state index is -0.404. The molecule has 0 radical (unpaired) electrons. The Balaban J connectivity index is 2.82. The van der Waals surface area contributed by atoms with E-state index in [1.807, 2.05) is 0 Å². The molecule has 0 fully saturated rings. The number of nitrogens with one attached hydrogen (secondary N) is 1. The summed E-state index contributed by atoms with van der Waals surface area (Å²) in [6, 6.07) is 4.02. The van der Waals surface area contributed by atoms with Gasteiger partial charge in [0.05, 0.1) is 11.0 Å². The Bertz CT molecular complexity index is 398. The first-order valence-electron chi connectivity index (χ1n) is 3.82. The maximum Gasteiger partial charge on any atom is 0.252 e. The minimum absolute atomic E-state index is 0.161. The second kappa shape index (κ2) is 4.77. The van der Waals surface area contributed by atoms with Gasteiger partial charge in [0.25, 0.3) is 5.91 Å². The molecule has 0 heterocycles. The van der Waals surface area contributed by atoms with E-state index in [1.165, 1.54) is 18.2 Å². The standard InChI is InChI=1S/C10H7BrFNO/c1-2-5-13-10(14)7-3-4-9(12)8(11)6-7/h1,3-4,6H,5H2,(H,13,14). The van der Waals surface area contributed by atoms with Crippen LogP contribution in [0.25, 0.3) is 0 Å². The molecular weight excluding hydrogens is 249 g/mol. The van der Waals surface area contributed by atoms with Crippen LogP contribution in [0.4, 0.5) is 4.39 Å². The quantitative estimate of drug-likeness (QED) is 0.805. The third-order valence-corrected chi connectivity index (χ3v) is 2.14. The second-order valence-corrected chi connectivity index (χ2v) is 3.37. The molecule has 0 aliphatic heterocycles. The normalized spacial score (nSPS) is 9.21. The monoisotopic (exact) mass is 255 g/mol. The van der Waals surface area contributed by atoms with E-state index in [-0.39, 0.29) is 16.9 Å². The SMILES string of the molecule is C#CCNC(=O)c1ccc(F)c(Br)c1. The molecule has 1 rings (SSSR count). The van der Waals surface area contributed by atoms with Crippen LogP contribution in [0.3, 0.4) is 0 Å². The summed E-state index contributed by atoms with van der Waals surface area (Å²) in [6.45, 7) is 0.161. The predicted octanol–water partition coefficient (Wildman–Crippen LogP) is 1.95. The molecule has 72 valence electrons. The van der Waals surface area contributed by atoms with Gasteiger partial charge in [0.2, 0.25) is 0 Å². The van der Waals surface area contributed by atoms with E-state index in [0.717, 1.165) is 0 Å². The van der Waals surface area contributed by atoms with E-state index in [2.05, 4.69) is 27.2 Å². The third-order valence-electron chi connectivity index (χ3n) is 1.53. The van der Waals surface area contributed by atoms with E-state index in [0.29, 0.717) is 5.56 Å². The summed E-state index contributed by atoms with van der Waals surface area (Å²) in [6.07, 6.45) is 4.97. The summed E-state index contributed by atoms with van der Waals surface area (Å²) in [7, 11) is 0. The summed E-state index contributed by atoms with van der Waals surface area (Å²) in [5, 5.41) is 2.48. The van der Waals surface area contributed by atoms with E-state index < -0.39 is 5.82 Å². The fourth-order valence-corrected chi connectivity index (χ4v) is 1.25. The van der Waals surface area contributed by atoms with Crippen molar-refractivity contribution in [2.75, 3.05) is 6.54 Å². The van der Waals surface area contributed by atoms with Gasteiger partial charge >= 0.3 is 0 Å². The van der Waals surface area contributed by atoms with Gasteiger partial charge in [0.15, 0.2) is 0 Å². The first-order chi connectivity index (χ1) is 6.65. The molecule has 1 amide bonds. The lowest BCUT2D eigenvalue weighted by Crippen LogP contribution is -2.23. The van der Waals surface area contributed by atoms with Crippen molar-refractivity contribution in [2.45, 2.75) is 0 Å². The molecule has 0 aliphatic rings. The summed E-state index contributed by atoms with van der Waals surface area (Å²) in [5.74, 6) is 1.56. The smallest absolute Gasteiger partial charge is 0.252 e. The van der Waals surface area contributed by atoms with Crippen LogP contribution in [0.5, 0.6) is 0 Å². The van der Waals surface area contributed by atoms with Crippen LogP contribution in [-0.2, 0) is 0 Å². The number of terminal acetylenes is 1. The lowest BCUT2D eigenvalue weighted by atomic mass is 10.2. The van der Waals surface area contributed by atoms with Crippen molar-refractivity contribution < 1.29 is 9.18 Å². The van der Waals surface area contributed by atoms with Gasteiger partial charge in [-0.25, -0.2) is 4.39 Å². The zero-order valence-electron chi connectivity index (χ0n) is 7.18. The highest BCUT2D eigenvalue weighted by Crippen LogP contribution is 2.16. The zero-order valence-corrected chi connectivity index (χ0v) is 8.77. The molecule has 2 nitrogen and oxygen atoms in total. The van der Waals surface area contributed by atoms with Gasteiger partial charge in [-0.1, -0.05) is 5.92 Å². The van der Waals surface area contributed by atoms with E-state index in [4.69, 9.17) is 6.42 Å². The Kier molecular flexibility index (Phi) is 3.66. The summed E-state index contributed by atoms with van der Waals surface area (Å²) in [5.41, 5.74) is 0.369. The number of carbonyl (C=O) groups excluding carboxylic acids is 1. The van der Waals surface area contributed by atoms with Crippen molar-refractivity contribution in [3.05, 3.63) is 34.1 Å². The molecule has 1 aromatic rings.